The monoisotopic (exact) mass is 286 g/mol. The van der Waals surface area contributed by atoms with Gasteiger partial charge in [0.1, 0.15) is 0 Å². The lowest BCUT2D eigenvalue weighted by molar-refractivity contribution is -0.144. The molecule has 0 aromatic rings. The van der Waals surface area contributed by atoms with Crippen molar-refractivity contribution < 1.29 is 4.74 Å². The maximum atomic E-state index is 5.99. The second-order valence-corrected chi connectivity index (χ2v) is 7.35. The fourth-order valence-electron chi connectivity index (χ4n) is 3.38. The number of hydrogen-bond donors (Lipinski definition) is 0. The third-order valence-electron chi connectivity index (χ3n) is 4.84. The molecule has 0 aromatic carbocycles. The van der Waals surface area contributed by atoms with Crippen molar-refractivity contribution in [2.24, 2.45) is 11.8 Å². The highest BCUT2D eigenvalue weighted by Crippen LogP contribution is 2.46. The summed E-state index contributed by atoms with van der Waals surface area (Å²) in [6, 6.07) is 0. The first kappa shape index (κ1) is 11.5. The molecule has 1 aliphatic heterocycles. The molecule has 2 atom stereocenters. The summed E-state index contributed by atoms with van der Waals surface area (Å²) in [5, 5.41) is 0. The van der Waals surface area contributed by atoms with Gasteiger partial charge in [0.05, 0.1) is 5.60 Å². The van der Waals surface area contributed by atoms with Crippen LogP contribution in [0.1, 0.15) is 57.8 Å². The molecule has 3 aliphatic rings. The number of halogens is 1. The van der Waals surface area contributed by atoms with Gasteiger partial charge >= 0.3 is 0 Å². The molecule has 3 fully saturated rings. The van der Waals surface area contributed by atoms with Crippen LogP contribution in [0.2, 0.25) is 0 Å². The zero-order valence-electron chi connectivity index (χ0n) is 10.1. The van der Waals surface area contributed by atoms with E-state index in [9.17, 15) is 0 Å². The molecule has 2 saturated carbocycles. The van der Waals surface area contributed by atoms with Crippen molar-refractivity contribution in [3.05, 3.63) is 0 Å². The summed E-state index contributed by atoms with van der Waals surface area (Å²) in [6.07, 6.45) is 12.5. The average Bonchev–Trinajstić information content (AvgIpc) is 3.08. The molecule has 1 heterocycles. The molecule has 0 bridgehead atoms. The molecule has 2 heteroatoms. The third kappa shape index (κ3) is 2.48. The fraction of sp³-hybridized carbons (Fsp3) is 1.00. The minimum atomic E-state index is 0.351. The minimum Gasteiger partial charge on any atom is -0.375 e. The summed E-state index contributed by atoms with van der Waals surface area (Å²) in [5.41, 5.74) is 0.351. The van der Waals surface area contributed by atoms with E-state index in [0.29, 0.717) is 5.60 Å². The number of rotatable bonds is 4. The van der Waals surface area contributed by atoms with E-state index in [1.807, 2.05) is 0 Å². The van der Waals surface area contributed by atoms with Gasteiger partial charge in [0, 0.05) is 11.4 Å². The molecule has 0 amide bonds. The van der Waals surface area contributed by atoms with E-state index in [0.717, 1.165) is 23.3 Å². The number of hydrogen-bond acceptors (Lipinski definition) is 1. The van der Waals surface area contributed by atoms with Crippen molar-refractivity contribution in [3.63, 3.8) is 0 Å². The van der Waals surface area contributed by atoms with Gasteiger partial charge in [-0.1, -0.05) is 15.9 Å². The number of alkyl halides is 1. The van der Waals surface area contributed by atoms with Gasteiger partial charge in [-0.3, -0.25) is 0 Å². The van der Waals surface area contributed by atoms with Gasteiger partial charge in [0.15, 0.2) is 0 Å². The lowest BCUT2D eigenvalue weighted by atomic mass is 9.71. The molecule has 16 heavy (non-hydrogen) atoms. The quantitative estimate of drug-likeness (QED) is 0.701. The molecular formula is C14H23BrO. The van der Waals surface area contributed by atoms with Gasteiger partial charge in [-0.2, -0.15) is 0 Å². The Morgan fingerprint density at radius 1 is 1.25 bits per heavy atom. The molecule has 0 radical (unpaired) electrons. The fourth-order valence-corrected chi connectivity index (χ4v) is 4.18. The first-order chi connectivity index (χ1) is 7.77. The van der Waals surface area contributed by atoms with Crippen molar-refractivity contribution in [1.82, 2.24) is 0 Å². The van der Waals surface area contributed by atoms with Gasteiger partial charge in [-0.15, -0.1) is 0 Å². The summed E-state index contributed by atoms with van der Waals surface area (Å²) in [7, 11) is 0. The van der Waals surface area contributed by atoms with E-state index < -0.39 is 0 Å². The molecular weight excluding hydrogens is 264 g/mol. The molecule has 0 N–H and O–H groups in total. The van der Waals surface area contributed by atoms with E-state index in [1.165, 1.54) is 57.8 Å². The second-order valence-electron chi connectivity index (χ2n) is 6.17. The van der Waals surface area contributed by atoms with Crippen molar-refractivity contribution in [2.45, 2.75) is 68.2 Å². The Kier molecular flexibility index (Phi) is 3.32. The third-order valence-corrected chi connectivity index (χ3v) is 6.05. The van der Waals surface area contributed by atoms with Crippen LogP contribution in [0.15, 0.2) is 0 Å². The largest absolute Gasteiger partial charge is 0.375 e. The molecule has 0 aromatic heterocycles. The van der Waals surface area contributed by atoms with Crippen LogP contribution in [-0.2, 0) is 4.74 Å². The summed E-state index contributed by atoms with van der Waals surface area (Å²) in [6.45, 7) is 1.03. The lowest BCUT2D eigenvalue weighted by Crippen LogP contribution is -2.45. The second kappa shape index (κ2) is 4.61. The van der Waals surface area contributed by atoms with E-state index in [4.69, 9.17) is 4.74 Å². The summed E-state index contributed by atoms with van der Waals surface area (Å²) in [5.74, 6) is 1.96. The molecule has 3 rings (SSSR count). The van der Waals surface area contributed by atoms with Crippen LogP contribution in [0, 0.1) is 11.8 Å². The lowest BCUT2D eigenvalue weighted by Gasteiger charge is -2.47. The van der Waals surface area contributed by atoms with Crippen molar-refractivity contribution in [2.75, 3.05) is 6.61 Å². The summed E-state index contributed by atoms with van der Waals surface area (Å²) >= 11 is 3.86. The smallest absolute Gasteiger partial charge is 0.0685 e. The maximum absolute atomic E-state index is 5.99. The van der Waals surface area contributed by atoms with Crippen LogP contribution in [-0.4, -0.2) is 17.0 Å². The van der Waals surface area contributed by atoms with Gasteiger partial charge in [-0.05, 0) is 69.6 Å². The van der Waals surface area contributed by atoms with Crippen LogP contribution in [0.25, 0.3) is 0 Å². The van der Waals surface area contributed by atoms with E-state index in [2.05, 4.69) is 15.9 Å². The molecule has 1 spiro atoms. The van der Waals surface area contributed by atoms with Crippen molar-refractivity contribution in [3.8, 4) is 0 Å². The van der Waals surface area contributed by atoms with E-state index in [-0.39, 0.29) is 0 Å². The number of ether oxygens (including phenoxy) is 1. The predicted molar refractivity (Wildman–Crippen MR) is 69.9 cm³/mol. The zero-order valence-corrected chi connectivity index (χ0v) is 11.7. The summed E-state index contributed by atoms with van der Waals surface area (Å²) in [4.78, 5) is 0.813. The van der Waals surface area contributed by atoms with E-state index in [1.54, 1.807) is 0 Å². The van der Waals surface area contributed by atoms with Gasteiger partial charge in [0.25, 0.3) is 0 Å². The molecule has 1 saturated heterocycles. The average molecular weight is 287 g/mol. The molecule has 2 aliphatic carbocycles. The van der Waals surface area contributed by atoms with Crippen molar-refractivity contribution >= 4 is 15.9 Å². The molecule has 1 nitrogen and oxygen atoms in total. The van der Waals surface area contributed by atoms with Crippen LogP contribution < -0.4 is 0 Å². The van der Waals surface area contributed by atoms with Crippen LogP contribution in [0.3, 0.4) is 0 Å². The standard InChI is InChI=1S/C14H23BrO/c15-13(12-3-4-12)5-2-11-6-9-16-14(10-11)7-1-8-14/h11-13H,1-10H2. The Morgan fingerprint density at radius 2 is 2.06 bits per heavy atom. The first-order valence-electron chi connectivity index (χ1n) is 7.05. The Hall–Kier alpha value is 0.440. The predicted octanol–water partition coefficient (Wildman–Crippen LogP) is 4.29. The van der Waals surface area contributed by atoms with Gasteiger partial charge < -0.3 is 4.74 Å². The topological polar surface area (TPSA) is 9.23 Å². The highest BCUT2D eigenvalue weighted by molar-refractivity contribution is 9.09. The van der Waals surface area contributed by atoms with Crippen molar-refractivity contribution in [1.29, 1.82) is 0 Å². The molecule has 92 valence electrons. The Balaban J connectivity index is 1.43. The Bertz CT molecular complexity index is 245. The Labute approximate surface area is 107 Å². The minimum absolute atomic E-state index is 0.351. The normalized spacial score (nSPS) is 34.7. The highest BCUT2D eigenvalue weighted by atomic mass is 79.9. The zero-order chi connectivity index (χ0) is 11.0. The van der Waals surface area contributed by atoms with Crippen LogP contribution in [0.5, 0.6) is 0 Å². The van der Waals surface area contributed by atoms with Crippen LogP contribution >= 0.6 is 15.9 Å². The SMILES string of the molecule is BrC(CCC1CCOC2(CCC2)C1)C1CC1. The maximum Gasteiger partial charge on any atom is 0.0685 e. The molecule has 2 unspecified atom stereocenters. The van der Waals surface area contributed by atoms with Gasteiger partial charge in [0.2, 0.25) is 0 Å². The summed E-state index contributed by atoms with van der Waals surface area (Å²) < 4.78 is 5.99. The highest BCUT2D eigenvalue weighted by Gasteiger charge is 2.42. The Morgan fingerprint density at radius 3 is 2.69 bits per heavy atom. The first-order valence-corrected chi connectivity index (χ1v) is 7.97. The van der Waals surface area contributed by atoms with Gasteiger partial charge in [-0.25, -0.2) is 0 Å². The van der Waals surface area contributed by atoms with Crippen LogP contribution in [0.4, 0.5) is 0 Å². The van der Waals surface area contributed by atoms with E-state index >= 15 is 0 Å².